The number of carboxylic acids is 1. The lowest BCUT2D eigenvalue weighted by Gasteiger charge is -2.55. The third-order valence-corrected chi connectivity index (χ3v) is 8.79. The minimum atomic E-state index is -1.50. The number of carbonyl (C=O) groups excluding carboxylic acids is 2. The van der Waals surface area contributed by atoms with E-state index < -0.39 is 40.0 Å². The molecule has 176 valence electrons. The van der Waals surface area contributed by atoms with Crippen LogP contribution in [0.4, 0.5) is 5.69 Å². The van der Waals surface area contributed by atoms with Crippen LogP contribution in [0.5, 0.6) is 11.5 Å². The van der Waals surface area contributed by atoms with Crippen molar-refractivity contribution in [1.29, 1.82) is 0 Å². The second-order valence-electron chi connectivity index (χ2n) is 10.4. The highest BCUT2D eigenvalue weighted by molar-refractivity contribution is 6.34. The molecule has 2 saturated carbocycles. The zero-order chi connectivity index (χ0) is 23.9. The molecule has 0 unspecified atom stereocenters. The van der Waals surface area contributed by atoms with Crippen LogP contribution in [0.2, 0.25) is 5.02 Å². The number of rotatable bonds is 5. The second-order valence-corrected chi connectivity index (χ2v) is 10.8. The van der Waals surface area contributed by atoms with Crippen LogP contribution in [0.1, 0.15) is 56.3 Å². The number of nitrogens with one attached hydrogen (secondary N) is 1. The molecular formula is C24H26ClNO7. The molecule has 9 heteroatoms. The third-order valence-electron chi connectivity index (χ3n) is 8.50. The van der Waals surface area contributed by atoms with E-state index in [1.165, 1.54) is 0 Å². The summed E-state index contributed by atoms with van der Waals surface area (Å²) >= 11 is 5.79. The van der Waals surface area contributed by atoms with Gasteiger partial charge in [0.1, 0.15) is 17.0 Å². The number of allylic oxidation sites excluding steroid dienone is 2. The van der Waals surface area contributed by atoms with Crippen molar-refractivity contribution >= 4 is 34.9 Å². The maximum Gasteiger partial charge on any atom is 0.341 e. The van der Waals surface area contributed by atoms with E-state index in [4.69, 9.17) is 16.3 Å². The van der Waals surface area contributed by atoms with Gasteiger partial charge in [-0.1, -0.05) is 24.6 Å². The molecule has 8 nitrogen and oxygen atoms in total. The number of ether oxygens (including phenoxy) is 1. The van der Waals surface area contributed by atoms with Crippen LogP contribution in [0.3, 0.4) is 0 Å². The third kappa shape index (κ3) is 3.03. The molecule has 1 aromatic carbocycles. The van der Waals surface area contributed by atoms with Crippen molar-refractivity contribution < 1.29 is 34.4 Å². The molecule has 2 aliphatic heterocycles. The number of phenolic OH excluding ortho intramolecular Hbond substituents is 1. The molecule has 33 heavy (non-hydrogen) atoms. The molecule has 1 amide bonds. The molecule has 0 aromatic heterocycles. The predicted octanol–water partition coefficient (Wildman–Crippen LogP) is 3.89. The maximum absolute atomic E-state index is 13.1. The fourth-order valence-electron chi connectivity index (χ4n) is 7.17. The van der Waals surface area contributed by atoms with E-state index in [0.29, 0.717) is 5.92 Å². The highest BCUT2D eigenvalue weighted by Gasteiger charge is 2.71. The van der Waals surface area contributed by atoms with Gasteiger partial charge in [-0.25, -0.2) is 4.79 Å². The Morgan fingerprint density at radius 1 is 1.30 bits per heavy atom. The molecule has 4 N–H and O–H groups in total. The van der Waals surface area contributed by atoms with Gasteiger partial charge < -0.3 is 25.4 Å². The Kier molecular flexibility index (Phi) is 4.69. The van der Waals surface area contributed by atoms with Gasteiger partial charge >= 0.3 is 5.97 Å². The second kappa shape index (κ2) is 6.96. The van der Waals surface area contributed by atoms with Gasteiger partial charge in [0.05, 0.1) is 16.7 Å². The SMILES string of the molecule is C[C@@]12C[C@]34C=CC(=O)[C@](C)(CCC(=O)Nc5c(O)cc(Cl)c(C(=O)O)c5O)[C@H]3[C@@H](C[C@H]1C4)O2. The van der Waals surface area contributed by atoms with E-state index in [0.717, 1.165) is 25.3 Å². The van der Waals surface area contributed by atoms with Crippen LogP contribution in [0.25, 0.3) is 0 Å². The van der Waals surface area contributed by atoms with Gasteiger partial charge in [0.25, 0.3) is 0 Å². The van der Waals surface area contributed by atoms with Gasteiger partial charge in [-0.05, 0) is 50.0 Å². The summed E-state index contributed by atoms with van der Waals surface area (Å²) in [5.41, 5.74) is -2.07. The topological polar surface area (TPSA) is 133 Å². The first-order valence-electron chi connectivity index (χ1n) is 11.1. The standard InChI is InChI=1S/C24H26ClNO7/c1-22(5-4-16(29)26-18-13(27)8-12(25)17(19(18)30)21(31)32)15(28)3-6-24-9-11-7-14(20(22)24)33-23(11,2)10-24/h3,6,8,11,14,20,27,30H,4-5,7,9-10H2,1-2H3,(H,26,29)(H,31,32)/t11-,14+,20+,22-,23+,24+/m0/s1. The Hall–Kier alpha value is -2.58. The molecule has 2 saturated heterocycles. The number of anilines is 1. The van der Waals surface area contributed by atoms with Crippen LogP contribution >= 0.6 is 11.6 Å². The van der Waals surface area contributed by atoms with Crippen LogP contribution in [0.15, 0.2) is 18.2 Å². The van der Waals surface area contributed by atoms with Gasteiger partial charge in [0.2, 0.25) is 5.91 Å². The molecule has 6 rings (SSSR count). The number of aromatic carboxylic acids is 1. The zero-order valence-electron chi connectivity index (χ0n) is 18.4. The molecule has 1 spiro atoms. The van der Waals surface area contributed by atoms with Crippen molar-refractivity contribution in [2.24, 2.45) is 22.7 Å². The van der Waals surface area contributed by atoms with Gasteiger partial charge in [-0.3, -0.25) is 9.59 Å². The Morgan fingerprint density at radius 2 is 2.03 bits per heavy atom. The molecule has 3 aliphatic carbocycles. The van der Waals surface area contributed by atoms with Crippen molar-refractivity contribution in [1.82, 2.24) is 0 Å². The zero-order valence-corrected chi connectivity index (χ0v) is 19.1. The number of carbonyl (C=O) groups is 3. The minimum Gasteiger partial charge on any atom is -0.506 e. The quantitative estimate of drug-likeness (QED) is 0.475. The van der Waals surface area contributed by atoms with E-state index in [1.807, 2.05) is 6.92 Å². The van der Waals surface area contributed by atoms with E-state index in [-0.39, 0.29) is 46.7 Å². The lowest BCUT2D eigenvalue weighted by molar-refractivity contribution is -0.169. The number of hydrogen-bond donors (Lipinski definition) is 4. The van der Waals surface area contributed by atoms with Crippen LogP contribution in [0, 0.1) is 22.7 Å². The van der Waals surface area contributed by atoms with E-state index in [1.54, 1.807) is 6.08 Å². The first kappa shape index (κ1) is 22.2. The Morgan fingerprint density at radius 3 is 2.70 bits per heavy atom. The number of halogens is 1. The monoisotopic (exact) mass is 475 g/mol. The number of phenols is 2. The summed E-state index contributed by atoms with van der Waals surface area (Å²) in [4.78, 5) is 37.2. The summed E-state index contributed by atoms with van der Waals surface area (Å²) in [5.74, 6) is -2.99. The van der Waals surface area contributed by atoms with Crippen molar-refractivity contribution in [2.75, 3.05) is 5.32 Å². The largest absolute Gasteiger partial charge is 0.506 e. The maximum atomic E-state index is 13.1. The van der Waals surface area contributed by atoms with E-state index in [9.17, 15) is 29.7 Å². The smallest absolute Gasteiger partial charge is 0.341 e. The van der Waals surface area contributed by atoms with Crippen molar-refractivity contribution in [3.8, 4) is 11.5 Å². The predicted molar refractivity (Wildman–Crippen MR) is 118 cm³/mol. The Labute approximate surface area is 195 Å². The van der Waals surface area contributed by atoms with Gasteiger partial charge in [-0.15, -0.1) is 0 Å². The van der Waals surface area contributed by atoms with Crippen molar-refractivity contribution in [3.05, 3.63) is 28.8 Å². The molecule has 4 bridgehead atoms. The Balaban J connectivity index is 1.36. The molecule has 1 aromatic rings. The number of ketones is 1. The Bertz CT molecular complexity index is 1130. The summed E-state index contributed by atoms with van der Waals surface area (Å²) in [6.07, 6.45) is 6.72. The first-order chi connectivity index (χ1) is 15.4. The average molecular weight is 476 g/mol. The lowest BCUT2D eigenvalue weighted by Crippen LogP contribution is -2.56. The number of benzene rings is 1. The summed E-state index contributed by atoms with van der Waals surface area (Å²) in [6.45, 7) is 4.06. The fourth-order valence-corrected chi connectivity index (χ4v) is 7.44. The summed E-state index contributed by atoms with van der Waals surface area (Å²) in [5, 5.41) is 31.6. The highest BCUT2D eigenvalue weighted by atomic mass is 35.5. The first-order valence-corrected chi connectivity index (χ1v) is 11.5. The van der Waals surface area contributed by atoms with E-state index in [2.05, 4.69) is 18.3 Å². The molecule has 2 heterocycles. The van der Waals surface area contributed by atoms with Gasteiger partial charge in [-0.2, -0.15) is 0 Å². The molecule has 5 aliphatic rings. The normalized spacial score (nSPS) is 37.9. The average Bonchev–Trinajstić information content (AvgIpc) is 3.08. The summed E-state index contributed by atoms with van der Waals surface area (Å²) in [7, 11) is 0. The van der Waals surface area contributed by atoms with Crippen LogP contribution in [-0.4, -0.2) is 44.7 Å². The van der Waals surface area contributed by atoms with Crippen molar-refractivity contribution in [3.63, 3.8) is 0 Å². The van der Waals surface area contributed by atoms with Crippen LogP contribution in [-0.2, 0) is 14.3 Å². The minimum absolute atomic E-state index is 0.0157. The van der Waals surface area contributed by atoms with Crippen molar-refractivity contribution in [2.45, 2.75) is 57.7 Å². The van der Waals surface area contributed by atoms with Gasteiger partial charge in [0, 0.05) is 23.8 Å². The molecule has 4 fully saturated rings. The van der Waals surface area contributed by atoms with Gasteiger partial charge in [0.15, 0.2) is 11.5 Å². The number of amides is 1. The highest BCUT2D eigenvalue weighted by Crippen LogP contribution is 2.71. The summed E-state index contributed by atoms with van der Waals surface area (Å²) < 4.78 is 6.41. The fraction of sp³-hybridized carbons (Fsp3) is 0.542. The molecule has 6 atom stereocenters. The van der Waals surface area contributed by atoms with E-state index >= 15 is 0 Å². The number of carboxylic acid groups (broad SMARTS) is 1. The summed E-state index contributed by atoms with van der Waals surface area (Å²) in [6, 6.07) is 0.949. The number of aromatic hydroxyl groups is 2. The molecular weight excluding hydrogens is 450 g/mol. The molecule has 0 radical (unpaired) electrons. The van der Waals surface area contributed by atoms with Crippen LogP contribution < -0.4 is 5.32 Å². The number of hydrogen-bond acceptors (Lipinski definition) is 6. The lowest BCUT2D eigenvalue weighted by atomic mass is 9.51.